The van der Waals surface area contributed by atoms with Gasteiger partial charge >= 0.3 is 5.97 Å². The molecular formula is C8H6BrClO2. The van der Waals surface area contributed by atoms with E-state index in [2.05, 4.69) is 15.9 Å². The highest BCUT2D eigenvalue weighted by Crippen LogP contribution is 2.20. The topological polar surface area (TPSA) is 37.3 Å². The summed E-state index contributed by atoms with van der Waals surface area (Å²) in [6, 6.07) is 4.67. The summed E-state index contributed by atoms with van der Waals surface area (Å²) < 4.78 is 0. The molecule has 1 aromatic carbocycles. The summed E-state index contributed by atoms with van der Waals surface area (Å²) in [6.07, 6.45) is 0. The van der Waals surface area contributed by atoms with Crippen LogP contribution in [0.5, 0.6) is 0 Å². The van der Waals surface area contributed by atoms with E-state index in [1.165, 1.54) is 12.1 Å². The van der Waals surface area contributed by atoms with Gasteiger partial charge in [-0.1, -0.05) is 33.6 Å². The first-order chi connectivity index (χ1) is 5.65. The Balaban J connectivity index is 3.10. The molecule has 0 aliphatic heterocycles. The van der Waals surface area contributed by atoms with Gasteiger partial charge in [-0.2, -0.15) is 0 Å². The molecule has 0 amide bonds. The number of carboxylic acid groups (broad SMARTS) is 1. The lowest BCUT2D eigenvalue weighted by atomic mass is 10.1. The highest BCUT2D eigenvalue weighted by Gasteiger charge is 2.05. The standard InChI is InChI=1S/C8H6BrClO2/c9-4-6-2-1-5(8(11)12)3-7(6)10/h1-3H,4H2,(H,11,12). The zero-order valence-corrected chi connectivity index (χ0v) is 8.39. The average molecular weight is 249 g/mol. The van der Waals surface area contributed by atoms with Crippen molar-refractivity contribution in [2.75, 3.05) is 0 Å². The van der Waals surface area contributed by atoms with Gasteiger partial charge in [0.2, 0.25) is 0 Å². The van der Waals surface area contributed by atoms with Gasteiger partial charge in [0.25, 0.3) is 0 Å². The van der Waals surface area contributed by atoms with E-state index in [-0.39, 0.29) is 5.56 Å². The van der Waals surface area contributed by atoms with Crippen LogP contribution in [0, 0.1) is 0 Å². The Kier molecular flexibility index (Phi) is 3.12. The SMILES string of the molecule is O=C(O)c1ccc(CBr)c(Cl)c1. The minimum atomic E-state index is -0.960. The highest BCUT2D eigenvalue weighted by molar-refractivity contribution is 9.08. The van der Waals surface area contributed by atoms with Crippen LogP contribution >= 0.6 is 27.5 Å². The minimum absolute atomic E-state index is 0.213. The Morgan fingerprint density at radius 2 is 2.25 bits per heavy atom. The van der Waals surface area contributed by atoms with Gasteiger partial charge < -0.3 is 5.11 Å². The molecule has 0 atom stereocenters. The number of hydrogen-bond donors (Lipinski definition) is 1. The molecule has 0 saturated carbocycles. The Bertz CT molecular complexity index is 312. The number of benzene rings is 1. The molecule has 64 valence electrons. The first kappa shape index (κ1) is 9.55. The van der Waals surface area contributed by atoms with Gasteiger partial charge in [-0.25, -0.2) is 4.79 Å². The van der Waals surface area contributed by atoms with E-state index < -0.39 is 5.97 Å². The van der Waals surface area contributed by atoms with Crippen LogP contribution in [0.2, 0.25) is 5.02 Å². The van der Waals surface area contributed by atoms with Crippen molar-refractivity contribution in [2.24, 2.45) is 0 Å². The number of carbonyl (C=O) groups is 1. The minimum Gasteiger partial charge on any atom is -0.478 e. The number of aromatic carboxylic acids is 1. The van der Waals surface area contributed by atoms with Crippen molar-refractivity contribution >= 4 is 33.5 Å². The van der Waals surface area contributed by atoms with Crippen molar-refractivity contribution < 1.29 is 9.90 Å². The van der Waals surface area contributed by atoms with Crippen molar-refractivity contribution in [1.82, 2.24) is 0 Å². The van der Waals surface area contributed by atoms with Crippen LogP contribution in [0.15, 0.2) is 18.2 Å². The zero-order valence-electron chi connectivity index (χ0n) is 6.05. The third kappa shape index (κ3) is 1.99. The molecule has 0 heterocycles. The monoisotopic (exact) mass is 248 g/mol. The number of halogens is 2. The number of carboxylic acids is 1. The number of alkyl halides is 1. The molecule has 0 aliphatic rings. The van der Waals surface area contributed by atoms with Crippen LogP contribution in [-0.4, -0.2) is 11.1 Å². The van der Waals surface area contributed by atoms with E-state index in [0.29, 0.717) is 10.4 Å². The third-order valence-electron chi connectivity index (χ3n) is 1.44. The Morgan fingerprint density at radius 1 is 1.58 bits per heavy atom. The summed E-state index contributed by atoms with van der Waals surface area (Å²) in [5.41, 5.74) is 1.10. The summed E-state index contributed by atoms with van der Waals surface area (Å²) in [4.78, 5) is 10.5. The quantitative estimate of drug-likeness (QED) is 0.818. The third-order valence-corrected chi connectivity index (χ3v) is 2.40. The predicted molar refractivity (Wildman–Crippen MR) is 51.0 cm³/mol. The number of rotatable bonds is 2. The van der Waals surface area contributed by atoms with Crippen LogP contribution < -0.4 is 0 Å². The summed E-state index contributed by atoms with van der Waals surface area (Å²) in [7, 11) is 0. The van der Waals surface area contributed by atoms with Gasteiger partial charge in [-0.05, 0) is 17.7 Å². The Morgan fingerprint density at radius 3 is 2.67 bits per heavy atom. The first-order valence-electron chi connectivity index (χ1n) is 3.23. The van der Waals surface area contributed by atoms with Crippen LogP contribution in [0.4, 0.5) is 0 Å². The highest BCUT2D eigenvalue weighted by atomic mass is 79.9. The van der Waals surface area contributed by atoms with Gasteiger partial charge in [0.05, 0.1) is 5.56 Å². The van der Waals surface area contributed by atoms with Crippen molar-refractivity contribution in [1.29, 1.82) is 0 Å². The van der Waals surface area contributed by atoms with Gasteiger partial charge in [-0.15, -0.1) is 0 Å². The molecule has 0 unspecified atom stereocenters. The van der Waals surface area contributed by atoms with E-state index in [0.717, 1.165) is 5.56 Å². The van der Waals surface area contributed by atoms with E-state index in [4.69, 9.17) is 16.7 Å². The molecule has 0 radical (unpaired) electrons. The van der Waals surface area contributed by atoms with E-state index in [1.54, 1.807) is 6.07 Å². The smallest absolute Gasteiger partial charge is 0.335 e. The summed E-state index contributed by atoms with van der Waals surface area (Å²) >= 11 is 9.02. The lowest BCUT2D eigenvalue weighted by Crippen LogP contribution is -1.96. The predicted octanol–water partition coefficient (Wildman–Crippen LogP) is 2.93. The molecule has 2 nitrogen and oxygen atoms in total. The lowest BCUT2D eigenvalue weighted by molar-refractivity contribution is 0.0697. The molecule has 0 bridgehead atoms. The van der Waals surface area contributed by atoms with Crippen LogP contribution in [0.3, 0.4) is 0 Å². The number of hydrogen-bond acceptors (Lipinski definition) is 1. The second-order valence-corrected chi connectivity index (χ2v) is 3.21. The molecule has 1 N–H and O–H groups in total. The van der Waals surface area contributed by atoms with E-state index in [9.17, 15) is 4.79 Å². The van der Waals surface area contributed by atoms with Gasteiger partial charge in [-0.3, -0.25) is 0 Å². The fourth-order valence-electron chi connectivity index (χ4n) is 0.789. The van der Waals surface area contributed by atoms with Crippen LogP contribution in [0.25, 0.3) is 0 Å². The fraction of sp³-hybridized carbons (Fsp3) is 0.125. The normalized spacial score (nSPS) is 9.83. The molecule has 0 saturated heterocycles. The molecule has 1 rings (SSSR count). The molecule has 0 spiro atoms. The average Bonchev–Trinajstić information content (AvgIpc) is 2.04. The Hall–Kier alpha value is -0.540. The molecule has 0 aromatic heterocycles. The molecule has 1 aromatic rings. The van der Waals surface area contributed by atoms with Gasteiger partial charge in [0.15, 0.2) is 0 Å². The summed E-state index contributed by atoms with van der Waals surface area (Å²) in [5, 5.41) is 9.71. The molecule has 0 aliphatic carbocycles. The van der Waals surface area contributed by atoms with Crippen molar-refractivity contribution in [3.05, 3.63) is 34.3 Å². The van der Waals surface area contributed by atoms with Gasteiger partial charge in [0.1, 0.15) is 0 Å². The summed E-state index contributed by atoms with van der Waals surface area (Å²) in [6.45, 7) is 0. The maximum Gasteiger partial charge on any atom is 0.335 e. The van der Waals surface area contributed by atoms with E-state index >= 15 is 0 Å². The Labute approximate surface area is 83.3 Å². The second kappa shape index (κ2) is 3.92. The zero-order chi connectivity index (χ0) is 9.14. The molecular weight excluding hydrogens is 243 g/mol. The van der Waals surface area contributed by atoms with Crippen LogP contribution in [-0.2, 0) is 5.33 Å². The molecule has 0 fully saturated rings. The van der Waals surface area contributed by atoms with Crippen LogP contribution in [0.1, 0.15) is 15.9 Å². The fourth-order valence-corrected chi connectivity index (χ4v) is 1.69. The van der Waals surface area contributed by atoms with Crippen molar-refractivity contribution in [2.45, 2.75) is 5.33 Å². The van der Waals surface area contributed by atoms with E-state index in [1.807, 2.05) is 0 Å². The van der Waals surface area contributed by atoms with Crippen molar-refractivity contribution in [3.63, 3.8) is 0 Å². The van der Waals surface area contributed by atoms with Gasteiger partial charge in [0, 0.05) is 10.4 Å². The maximum atomic E-state index is 10.5. The maximum absolute atomic E-state index is 10.5. The molecule has 12 heavy (non-hydrogen) atoms. The summed E-state index contributed by atoms with van der Waals surface area (Å²) in [5.74, 6) is -0.960. The lowest BCUT2D eigenvalue weighted by Gasteiger charge is -2.00. The first-order valence-corrected chi connectivity index (χ1v) is 4.72. The largest absolute Gasteiger partial charge is 0.478 e. The second-order valence-electron chi connectivity index (χ2n) is 2.24. The van der Waals surface area contributed by atoms with Crippen molar-refractivity contribution in [3.8, 4) is 0 Å². The molecule has 4 heteroatoms.